The van der Waals surface area contributed by atoms with Crippen LogP contribution in [0.3, 0.4) is 0 Å². The van der Waals surface area contributed by atoms with Crippen molar-refractivity contribution in [1.29, 1.82) is 0 Å². The van der Waals surface area contributed by atoms with Gasteiger partial charge in [0.1, 0.15) is 0 Å². The van der Waals surface area contributed by atoms with Gasteiger partial charge in [0.2, 0.25) is 0 Å². The Hall–Kier alpha value is -1.33. The van der Waals surface area contributed by atoms with E-state index in [0.29, 0.717) is 11.1 Å². The number of rotatable bonds is 5. The highest BCUT2D eigenvalue weighted by atomic mass is 35.5. The lowest BCUT2D eigenvalue weighted by molar-refractivity contribution is -0.384. The Bertz CT molecular complexity index is 496. The van der Waals surface area contributed by atoms with Gasteiger partial charge in [-0.2, -0.15) is 0 Å². The molecule has 116 valence electrons. The van der Waals surface area contributed by atoms with Crippen LogP contribution < -0.4 is 5.32 Å². The van der Waals surface area contributed by atoms with Crippen LogP contribution in [0.2, 0.25) is 5.02 Å². The van der Waals surface area contributed by atoms with E-state index in [-0.39, 0.29) is 5.69 Å². The monoisotopic (exact) mass is 311 g/mol. The minimum absolute atomic E-state index is 0.0283. The molecule has 1 N–H and O–H groups in total. The molecule has 1 fully saturated rings. The van der Waals surface area contributed by atoms with Gasteiger partial charge in [0, 0.05) is 24.7 Å². The van der Waals surface area contributed by atoms with Crippen molar-refractivity contribution in [2.45, 2.75) is 38.6 Å². The van der Waals surface area contributed by atoms with Crippen molar-refractivity contribution in [3.8, 4) is 0 Å². The first-order valence-corrected chi connectivity index (χ1v) is 7.90. The molecule has 1 heterocycles. The molecule has 1 atom stereocenters. The van der Waals surface area contributed by atoms with Crippen LogP contribution in [0, 0.1) is 10.1 Å². The van der Waals surface area contributed by atoms with E-state index in [4.69, 9.17) is 11.6 Å². The first-order chi connectivity index (χ1) is 10.1. The molecule has 21 heavy (non-hydrogen) atoms. The van der Waals surface area contributed by atoms with Crippen LogP contribution >= 0.6 is 11.6 Å². The highest BCUT2D eigenvalue weighted by molar-refractivity contribution is 6.33. The number of likely N-dealkylation sites (tertiary alicyclic amines) is 1. The second-order valence-corrected chi connectivity index (χ2v) is 5.94. The van der Waals surface area contributed by atoms with E-state index in [2.05, 4.69) is 17.1 Å². The molecule has 1 saturated heterocycles. The Balaban J connectivity index is 1.97. The Kier molecular flexibility index (Phi) is 5.82. The van der Waals surface area contributed by atoms with Gasteiger partial charge >= 0.3 is 0 Å². The highest BCUT2D eigenvalue weighted by Crippen LogP contribution is 2.28. The van der Waals surface area contributed by atoms with Gasteiger partial charge in [-0.1, -0.05) is 18.5 Å². The van der Waals surface area contributed by atoms with Crippen molar-refractivity contribution in [3.05, 3.63) is 33.3 Å². The molecule has 6 heteroatoms. The summed E-state index contributed by atoms with van der Waals surface area (Å²) in [5, 5.41) is 14.6. The standard InChI is InChI=1S/C15H22ClN3O2/c1-2-8-18-9-3-4-12(7-10-18)17-15-6-5-13(19(20)21)11-14(15)16/h5-6,11-12,17H,2-4,7-10H2,1H3. The average Bonchev–Trinajstić information content (AvgIpc) is 2.67. The summed E-state index contributed by atoms with van der Waals surface area (Å²) in [4.78, 5) is 12.8. The molecule has 2 rings (SSSR count). The summed E-state index contributed by atoms with van der Waals surface area (Å²) in [7, 11) is 0. The van der Waals surface area contributed by atoms with Crippen molar-refractivity contribution in [3.63, 3.8) is 0 Å². The van der Waals surface area contributed by atoms with Gasteiger partial charge in [0.15, 0.2) is 0 Å². The third kappa shape index (κ3) is 4.58. The van der Waals surface area contributed by atoms with Crippen molar-refractivity contribution in [2.75, 3.05) is 25.0 Å². The third-order valence-corrected chi connectivity index (χ3v) is 4.20. The minimum Gasteiger partial charge on any atom is -0.381 e. The SMILES string of the molecule is CCCN1CCCC(Nc2ccc([N+](=O)[O-])cc2Cl)CC1. The fourth-order valence-corrected chi connectivity index (χ4v) is 3.02. The molecule has 0 amide bonds. The normalized spacial score (nSPS) is 20.0. The van der Waals surface area contributed by atoms with Gasteiger partial charge in [-0.25, -0.2) is 0 Å². The molecule has 0 aliphatic carbocycles. The molecule has 0 spiro atoms. The number of benzene rings is 1. The van der Waals surface area contributed by atoms with E-state index < -0.39 is 4.92 Å². The van der Waals surface area contributed by atoms with Gasteiger partial charge in [0.05, 0.1) is 15.6 Å². The lowest BCUT2D eigenvalue weighted by atomic mass is 10.1. The first-order valence-electron chi connectivity index (χ1n) is 7.53. The number of hydrogen-bond donors (Lipinski definition) is 1. The summed E-state index contributed by atoms with van der Waals surface area (Å²) < 4.78 is 0. The number of nitro groups is 1. The van der Waals surface area contributed by atoms with E-state index in [0.717, 1.165) is 38.2 Å². The lowest BCUT2D eigenvalue weighted by Gasteiger charge is -2.20. The molecular formula is C15H22ClN3O2. The molecular weight excluding hydrogens is 290 g/mol. The third-order valence-electron chi connectivity index (χ3n) is 3.88. The number of hydrogen-bond acceptors (Lipinski definition) is 4. The fourth-order valence-electron chi connectivity index (χ4n) is 2.79. The van der Waals surface area contributed by atoms with E-state index in [9.17, 15) is 10.1 Å². The first kappa shape index (κ1) is 16.0. The summed E-state index contributed by atoms with van der Waals surface area (Å²) >= 11 is 6.13. The molecule has 1 aromatic rings. The Morgan fingerprint density at radius 1 is 1.43 bits per heavy atom. The van der Waals surface area contributed by atoms with Crippen LogP contribution in [0.25, 0.3) is 0 Å². The van der Waals surface area contributed by atoms with E-state index in [1.165, 1.54) is 25.0 Å². The molecule has 0 aromatic heterocycles. The second-order valence-electron chi connectivity index (χ2n) is 5.54. The van der Waals surface area contributed by atoms with Crippen LogP contribution in [0.5, 0.6) is 0 Å². The number of non-ortho nitro benzene ring substituents is 1. The molecule has 0 bridgehead atoms. The smallest absolute Gasteiger partial charge is 0.271 e. The maximum Gasteiger partial charge on any atom is 0.271 e. The largest absolute Gasteiger partial charge is 0.381 e. The fraction of sp³-hybridized carbons (Fsp3) is 0.600. The van der Waals surface area contributed by atoms with Crippen molar-refractivity contribution < 1.29 is 4.92 Å². The van der Waals surface area contributed by atoms with Gasteiger partial charge in [-0.3, -0.25) is 10.1 Å². The quantitative estimate of drug-likeness (QED) is 0.661. The lowest BCUT2D eigenvalue weighted by Crippen LogP contribution is -2.27. The summed E-state index contributed by atoms with van der Waals surface area (Å²) in [6.45, 7) is 5.61. The van der Waals surface area contributed by atoms with Gasteiger partial charge < -0.3 is 10.2 Å². The molecule has 0 saturated carbocycles. The summed E-state index contributed by atoms with van der Waals surface area (Å²) in [5.74, 6) is 0. The zero-order valence-corrected chi connectivity index (χ0v) is 13.1. The van der Waals surface area contributed by atoms with E-state index in [1.807, 2.05) is 0 Å². The predicted octanol–water partition coefficient (Wildman–Crippen LogP) is 3.92. The maximum absolute atomic E-state index is 10.7. The Labute approximate surface area is 130 Å². The molecule has 1 aromatic carbocycles. The van der Waals surface area contributed by atoms with E-state index in [1.54, 1.807) is 6.07 Å². The van der Waals surface area contributed by atoms with Crippen LogP contribution in [0.4, 0.5) is 11.4 Å². The maximum atomic E-state index is 10.7. The van der Waals surface area contributed by atoms with Gasteiger partial charge in [-0.15, -0.1) is 0 Å². The van der Waals surface area contributed by atoms with Crippen LogP contribution in [-0.2, 0) is 0 Å². The molecule has 1 aliphatic rings. The second kappa shape index (κ2) is 7.61. The molecule has 5 nitrogen and oxygen atoms in total. The number of nitrogens with one attached hydrogen (secondary N) is 1. The summed E-state index contributed by atoms with van der Waals surface area (Å²) in [6, 6.07) is 4.98. The zero-order valence-electron chi connectivity index (χ0n) is 12.3. The van der Waals surface area contributed by atoms with Crippen LogP contribution in [-0.4, -0.2) is 35.5 Å². The van der Waals surface area contributed by atoms with Gasteiger partial charge in [0.25, 0.3) is 5.69 Å². The van der Waals surface area contributed by atoms with Crippen molar-refractivity contribution in [1.82, 2.24) is 4.90 Å². The number of halogens is 1. The average molecular weight is 312 g/mol. The zero-order chi connectivity index (χ0) is 15.2. The molecule has 1 unspecified atom stereocenters. The van der Waals surface area contributed by atoms with Crippen molar-refractivity contribution in [2.24, 2.45) is 0 Å². The Morgan fingerprint density at radius 3 is 2.90 bits per heavy atom. The van der Waals surface area contributed by atoms with Crippen LogP contribution in [0.15, 0.2) is 18.2 Å². The number of nitrogens with zero attached hydrogens (tertiary/aromatic N) is 2. The predicted molar refractivity (Wildman–Crippen MR) is 86.1 cm³/mol. The molecule has 1 aliphatic heterocycles. The molecule has 0 radical (unpaired) electrons. The van der Waals surface area contributed by atoms with Crippen molar-refractivity contribution >= 4 is 23.0 Å². The van der Waals surface area contributed by atoms with Crippen LogP contribution in [0.1, 0.15) is 32.6 Å². The Morgan fingerprint density at radius 2 is 2.24 bits per heavy atom. The van der Waals surface area contributed by atoms with Gasteiger partial charge in [-0.05, 0) is 44.8 Å². The van der Waals surface area contributed by atoms with E-state index >= 15 is 0 Å². The summed E-state index contributed by atoms with van der Waals surface area (Å²) in [6.07, 6.45) is 4.54. The number of anilines is 1. The number of nitro benzene ring substituents is 1. The topological polar surface area (TPSA) is 58.4 Å². The summed E-state index contributed by atoms with van der Waals surface area (Å²) in [5.41, 5.74) is 0.816. The minimum atomic E-state index is -0.427. The highest BCUT2D eigenvalue weighted by Gasteiger charge is 2.18.